The number of aliphatic hydroxyl groups is 1. The van der Waals surface area contributed by atoms with Gasteiger partial charge in [-0.25, -0.2) is 0 Å². The summed E-state index contributed by atoms with van der Waals surface area (Å²) in [5.41, 5.74) is 0. The van der Waals surface area contributed by atoms with Crippen molar-refractivity contribution in [3.8, 4) is 0 Å². The molecule has 98 valence electrons. The van der Waals surface area contributed by atoms with Crippen molar-refractivity contribution >= 4 is 8.32 Å². The van der Waals surface area contributed by atoms with Crippen LogP contribution >= 0.6 is 0 Å². The summed E-state index contributed by atoms with van der Waals surface area (Å²) in [6.07, 6.45) is 2.23. The van der Waals surface area contributed by atoms with E-state index in [1.165, 1.54) is 0 Å². The molecule has 0 rings (SSSR count). The van der Waals surface area contributed by atoms with Crippen LogP contribution in [0.5, 0.6) is 0 Å². The summed E-state index contributed by atoms with van der Waals surface area (Å²) in [5, 5.41) is 9.10. The van der Waals surface area contributed by atoms with E-state index in [4.69, 9.17) is 9.53 Å². The predicted molar refractivity (Wildman–Crippen MR) is 73.2 cm³/mol. The Balaban J connectivity index is 4.27. The van der Waals surface area contributed by atoms with Gasteiger partial charge in [-0.2, -0.15) is 0 Å². The molecule has 2 nitrogen and oxygen atoms in total. The van der Waals surface area contributed by atoms with E-state index in [1.807, 2.05) is 0 Å². The molecule has 0 heterocycles. The Labute approximate surface area is 103 Å². The molecule has 0 aliphatic carbocycles. The van der Waals surface area contributed by atoms with Crippen LogP contribution in [0.4, 0.5) is 0 Å². The summed E-state index contributed by atoms with van der Waals surface area (Å²) >= 11 is 0. The molecule has 0 radical (unpaired) electrons. The van der Waals surface area contributed by atoms with Crippen molar-refractivity contribution < 1.29 is 9.53 Å². The third-order valence-corrected chi connectivity index (χ3v) is 8.48. The number of hydrogen-bond acceptors (Lipinski definition) is 2. The third-order valence-electron chi connectivity index (χ3n) is 3.91. The Morgan fingerprint density at radius 3 is 2.06 bits per heavy atom. The quantitative estimate of drug-likeness (QED) is 0.722. The standard InChI is InChI=1S/C13H30O2Si/c1-11(9-8-10-14)12(2)15-16(6,7)13(3,4)5/h11-12,14H,8-10H2,1-7H3/t11-,12?/m1/s1. The fourth-order valence-corrected chi connectivity index (χ4v) is 2.92. The molecule has 0 aromatic rings. The molecular weight excluding hydrogens is 216 g/mol. The first-order valence-electron chi connectivity index (χ1n) is 6.40. The van der Waals surface area contributed by atoms with E-state index in [0.717, 1.165) is 12.8 Å². The number of aliphatic hydroxyl groups excluding tert-OH is 1. The van der Waals surface area contributed by atoms with Crippen LogP contribution in [-0.4, -0.2) is 26.1 Å². The Kier molecular flexibility index (Phi) is 6.23. The second-order valence-electron chi connectivity index (χ2n) is 6.43. The van der Waals surface area contributed by atoms with E-state index in [-0.39, 0.29) is 11.6 Å². The van der Waals surface area contributed by atoms with E-state index in [0.29, 0.717) is 12.0 Å². The highest BCUT2D eigenvalue weighted by Crippen LogP contribution is 2.38. The van der Waals surface area contributed by atoms with E-state index in [9.17, 15) is 0 Å². The minimum absolute atomic E-state index is 0.276. The highest BCUT2D eigenvalue weighted by molar-refractivity contribution is 6.74. The second-order valence-corrected chi connectivity index (χ2v) is 11.2. The first-order valence-corrected chi connectivity index (χ1v) is 9.31. The molecular formula is C13H30O2Si. The maximum atomic E-state index is 8.83. The molecule has 2 atom stereocenters. The van der Waals surface area contributed by atoms with Gasteiger partial charge in [0.15, 0.2) is 8.32 Å². The lowest BCUT2D eigenvalue weighted by atomic mass is 10.0. The normalized spacial score (nSPS) is 17.2. The van der Waals surface area contributed by atoms with Crippen molar-refractivity contribution in [1.29, 1.82) is 0 Å². The van der Waals surface area contributed by atoms with Gasteiger partial charge >= 0.3 is 0 Å². The smallest absolute Gasteiger partial charge is 0.192 e. The van der Waals surface area contributed by atoms with E-state index >= 15 is 0 Å². The maximum Gasteiger partial charge on any atom is 0.192 e. The van der Waals surface area contributed by atoms with Gasteiger partial charge in [0.25, 0.3) is 0 Å². The number of rotatable bonds is 6. The first-order chi connectivity index (χ1) is 7.12. The Hall–Kier alpha value is 0.137. The molecule has 0 aromatic carbocycles. The summed E-state index contributed by atoms with van der Waals surface area (Å²) in [5.74, 6) is 0.529. The Morgan fingerprint density at radius 1 is 1.19 bits per heavy atom. The van der Waals surface area contributed by atoms with Gasteiger partial charge in [-0.1, -0.05) is 27.7 Å². The SMILES string of the molecule is CC(O[Si](C)(C)C(C)(C)C)[C@H](C)CCCO. The van der Waals surface area contributed by atoms with E-state index < -0.39 is 8.32 Å². The average Bonchev–Trinajstić information content (AvgIpc) is 2.11. The van der Waals surface area contributed by atoms with Crippen LogP contribution in [0.25, 0.3) is 0 Å². The van der Waals surface area contributed by atoms with Crippen molar-refractivity contribution in [2.45, 2.75) is 71.7 Å². The molecule has 0 saturated heterocycles. The van der Waals surface area contributed by atoms with Crippen LogP contribution in [-0.2, 0) is 4.43 Å². The van der Waals surface area contributed by atoms with Gasteiger partial charge in [0, 0.05) is 12.7 Å². The zero-order chi connectivity index (χ0) is 13.0. The lowest BCUT2D eigenvalue weighted by molar-refractivity contribution is 0.131. The highest BCUT2D eigenvalue weighted by atomic mass is 28.4. The molecule has 0 aliphatic heterocycles. The molecule has 1 N–H and O–H groups in total. The summed E-state index contributed by atoms with van der Waals surface area (Å²) in [6.45, 7) is 16.1. The van der Waals surface area contributed by atoms with Crippen LogP contribution in [0, 0.1) is 5.92 Å². The molecule has 0 amide bonds. The molecule has 1 unspecified atom stereocenters. The zero-order valence-electron chi connectivity index (χ0n) is 12.1. The largest absolute Gasteiger partial charge is 0.414 e. The minimum atomic E-state index is -1.63. The Bertz CT molecular complexity index is 197. The second kappa shape index (κ2) is 6.17. The predicted octanol–water partition coefficient (Wildman–Crippen LogP) is 3.81. The van der Waals surface area contributed by atoms with Gasteiger partial charge in [0.05, 0.1) is 0 Å². The van der Waals surface area contributed by atoms with Crippen LogP contribution in [0.1, 0.15) is 47.5 Å². The monoisotopic (exact) mass is 246 g/mol. The van der Waals surface area contributed by atoms with Gasteiger partial charge in [-0.15, -0.1) is 0 Å². The lowest BCUT2D eigenvalue weighted by Crippen LogP contribution is -2.44. The van der Waals surface area contributed by atoms with Crippen molar-refractivity contribution in [3.63, 3.8) is 0 Å². The van der Waals surface area contributed by atoms with Gasteiger partial charge < -0.3 is 9.53 Å². The summed E-state index contributed by atoms with van der Waals surface area (Å²) < 4.78 is 6.32. The molecule has 16 heavy (non-hydrogen) atoms. The maximum absolute atomic E-state index is 8.83. The van der Waals surface area contributed by atoms with Crippen LogP contribution in [0.3, 0.4) is 0 Å². The van der Waals surface area contributed by atoms with Gasteiger partial charge in [0.2, 0.25) is 0 Å². The van der Waals surface area contributed by atoms with Crippen LogP contribution in [0.2, 0.25) is 18.1 Å². The van der Waals surface area contributed by atoms with Crippen molar-refractivity contribution in [1.82, 2.24) is 0 Å². The molecule has 0 spiro atoms. The van der Waals surface area contributed by atoms with Gasteiger partial charge in [-0.05, 0) is 43.8 Å². The third kappa shape index (κ3) is 4.98. The summed E-state index contributed by atoms with van der Waals surface area (Å²) in [7, 11) is -1.63. The molecule has 0 aromatic heterocycles. The van der Waals surface area contributed by atoms with Crippen molar-refractivity contribution in [2.75, 3.05) is 6.61 Å². The highest BCUT2D eigenvalue weighted by Gasteiger charge is 2.38. The fraction of sp³-hybridized carbons (Fsp3) is 1.00. The minimum Gasteiger partial charge on any atom is -0.414 e. The topological polar surface area (TPSA) is 29.5 Å². The lowest BCUT2D eigenvalue weighted by Gasteiger charge is -2.40. The van der Waals surface area contributed by atoms with Crippen LogP contribution < -0.4 is 0 Å². The molecule has 0 fully saturated rings. The van der Waals surface area contributed by atoms with Crippen LogP contribution in [0.15, 0.2) is 0 Å². The molecule has 0 aliphatic rings. The van der Waals surface area contributed by atoms with E-state index in [2.05, 4.69) is 47.7 Å². The molecule has 3 heteroatoms. The van der Waals surface area contributed by atoms with Gasteiger partial charge in [-0.3, -0.25) is 0 Å². The average molecular weight is 246 g/mol. The fourth-order valence-electron chi connectivity index (χ4n) is 1.41. The number of hydrogen-bond donors (Lipinski definition) is 1. The first kappa shape index (κ1) is 16.1. The summed E-state index contributed by atoms with van der Waals surface area (Å²) in [4.78, 5) is 0. The van der Waals surface area contributed by atoms with Crippen molar-refractivity contribution in [2.24, 2.45) is 5.92 Å². The Morgan fingerprint density at radius 2 is 1.69 bits per heavy atom. The van der Waals surface area contributed by atoms with E-state index in [1.54, 1.807) is 0 Å². The zero-order valence-corrected chi connectivity index (χ0v) is 13.1. The van der Waals surface area contributed by atoms with Crippen molar-refractivity contribution in [3.05, 3.63) is 0 Å². The molecule has 0 saturated carbocycles. The molecule has 0 bridgehead atoms. The summed E-state index contributed by atoms with van der Waals surface area (Å²) in [6, 6.07) is 0. The van der Waals surface area contributed by atoms with Gasteiger partial charge in [0.1, 0.15) is 0 Å².